The lowest BCUT2D eigenvalue weighted by atomic mass is 10.0. The molecule has 0 spiro atoms. The van der Waals surface area contributed by atoms with E-state index in [2.05, 4.69) is 4.98 Å². The molecule has 3 nitrogen and oxygen atoms in total. The Kier molecular flexibility index (Phi) is 4.64. The van der Waals surface area contributed by atoms with Crippen LogP contribution in [0.4, 0.5) is 4.39 Å². The molecule has 0 fully saturated rings. The lowest BCUT2D eigenvalue weighted by Gasteiger charge is -2.11. The van der Waals surface area contributed by atoms with Gasteiger partial charge in [-0.2, -0.15) is 0 Å². The third-order valence-electron chi connectivity index (χ3n) is 3.44. The van der Waals surface area contributed by atoms with Crippen molar-refractivity contribution in [1.29, 1.82) is 0 Å². The molecule has 116 valence electrons. The van der Waals surface area contributed by atoms with Gasteiger partial charge in [-0.15, -0.1) is 0 Å². The van der Waals surface area contributed by atoms with Crippen LogP contribution in [0.25, 0.3) is 11.1 Å². The first kappa shape index (κ1) is 15.2. The Morgan fingerprint density at radius 1 is 0.913 bits per heavy atom. The molecule has 2 aromatic carbocycles. The number of benzene rings is 2. The summed E-state index contributed by atoms with van der Waals surface area (Å²) < 4.78 is 19.2. The van der Waals surface area contributed by atoms with Crippen LogP contribution >= 0.6 is 0 Å². The van der Waals surface area contributed by atoms with Gasteiger partial charge in [-0.25, -0.2) is 4.39 Å². The van der Waals surface area contributed by atoms with Crippen molar-refractivity contribution in [2.45, 2.75) is 13.2 Å². The van der Waals surface area contributed by atoms with E-state index in [9.17, 15) is 9.50 Å². The molecule has 0 aliphatic heterocycles. The van der Waals surface area contributed by atoms with Crippen molar-refractivity contribution in [3.63, 3.8) is 0 Å². The second kappa shape index (κ2) is 7.03. The van der Waals surface area contributed by atoms with Crippen LogP contribution in [0.5, 0.6) is 5.75 Å². The zero-order valence-electron chi connectivity index (χ0n) is 12.4. The molecule has 0 aliphatic rings. The van der Waals surface area contributed by atoms with Crippen LogP contribution in [-0.2, 0) is 13.2 Å². The number of aliphatic hydroxyl groups excluding tert-OH is 1. The van der Waals surface area contributed by atoms with Crippen molar-refractivity contribution in [2.24, 2.45) is 0 Å². The molecule has 0 aliphatic carbocycles. The second-order valence-electron chi connectivity index (χ2n) is 5.19. The Morgan fingerprint density at radius 3 is 2.48 bits per heavy atom. The van der Waals surface area contributed by atoms with E-state index in [1.165, 1.54) is 6.07 Å². The highest BCUT2D eigenvalue weighted by atomic mass is 19.1. The van der Waals surface area contributed by atoms with Gasteiger partial charge in [-0.05, 0) is 41.0 Å². The maximum absolute atomic E-state index is 13.4. The lowest BCUT2D eigenvalue weighted by molar-refractivity contribution is 0.278. The zero-order valence-corrected chi connectivity index (χ0v) is 12.4. The Balaban J connectivity index is 1.87. The minimum atomic E-state index is -0.399. The molecular formula is C19H16FNO2. The Labute approximate surface area is 134 Å². The Bertz CT molecular complexity index is 790. The highest BCUT2D eigenvalue weighted by Crippen LogP contribution is 2.27. The van der Waals surface area contributed by atoms with Crippen LogP contribution in [0.3, 0.4) is 0 Å². The van der Waals surface area contributed by atoms with E-state index in [-0.39, 0.29) is 6.61 Å². The summed E-state index contributed by atoms with van der Waals surface area (Å²) in [5.74, 6) is 0.225. The van der Waals surface area contributed by atoms with Gasteiger partial charge in [-0.1, -0.05) is 30.3 Å². The third kappa shape index (κ3) is 3.93. The SMILES string of the molecule is OCc1cc(OCc2ccccc2)cc(-c2cncc(F)c2)c1. The van der Waals surface area contributed by atoms with Gasteiger partial charge in [0, 0.05) is 11.8 Å². The summed E-state index contributed by atoms with van der Waals surface area (Å²) >= 11 is 0. The van der Waals surface area contributed by atoms with E-state index in [0.717, 1.165) is 17.3 Å². The highest BCUT2D eigenvalue weighted by molar-refractivity contribution is 5.65. The van der Waals surface area contributed by atoms with Gasteiger partial charge < -0.3 is 9.84 Å². The lowest BCUT2D eigenvalue weighted by Crippen LogP contribution is -1.97. The minimum absolute atomic E-state index is 0.113. The number of ether oxygens (including phenoxy) is 1. The van der Waals surface area contributed by atoms with Crippen LogP contribution in [-0.4, -0.2) is 10.1 Å². The molecule has 0 amide bonds. The number of hydrogen-bond acceptors (Lipinski definition) is 3. The fourth-order valence-electron chi connectivity index (χ4n) is 2.31. The molecule has 0 saturated heterocycles. The number of pyridine rings is 1. The molecule has 3 aromatic rings. The molecule has 3 rings (SSSR count). The van der Waals surface area contributed by atoms with Gasteiger partial charge in [0.15, 0.2) is 0 Å². The topological polar surface area (TPSA) is 42.4 Å². The number of hydrogen-bond donors (Lipinski definition) is 1. The fourth-order valence-corrected chi connectivity index (χ4v) is 2.31. The van der Waals surface area contributed by atoms with Gasteiger partial charge >= 0.3 is 0 Å². The van der Waals surface area contributed by atoms with E-state index in [1.807, 2.05) is 36.4 Å². The number of aromatic nitrogens is 1. The van der Waals surface area contributed by atoms with Crippen LogP contribution in [0.2, 0.25) is 0 Å². The third-order valence-corrected chi connectivity index (χ3v) is 3.44. The van der Waals surface area contributed by atoms with E-state index >= 15 is 0 Å². The number of halogens is 1. The van der Waals surface area contributed by atoms with Gasteiger partial charge in [0.05, 0.1) is 12.8 Å². The summed E-state index contributed by atoms with van der Waals surface area (Å²) in [6, 6.07) is 16.6. The van der Waals surface area contributed by atoms with Crippen molar-refractivity contribution in [1.82, 2.24) is 4.98 Å². The van der Waals surface area contributed by atoms with Gasteiger partial charge in [-0.3, -0.25) is 4.98 Å². The molecular weight excluding hydrogens is 293 g/mol. The van der Waals surface area contributed by atoms with Crippen LogP contribution < -0.4 is 4.74 Å². The van der Waals surface area contributed by atoms with Crippen LogP contribution in [0.15, 0.2) is 67.0 Å². The summed E-state index contributed by atoms with van der Waals surface area (Å²) in [6.07, 6.45) is 2.74. The van der Waals surface area contributed by atoms with Crippen LogP contribution in [0.1, 0.15) is 11.1 Å². The Hall–Kier alpha value is -2.72. The first-order valence-electron chi connectivity index (χ1n) is 7.27. The first-order valence-corrected chi connectivity index (χ1v) is 7.27. The summed E-state index contributed by atoms with van der Waals surface area (Å²) in [5, 5.41) is 9.43. The molecule has 1 heterocycles. The maximum atomic E-state index is 13.4. The maximum Gasteiger partial charge on any atom is 0.142 e. The normalized spacial score (nSPS) is 10.5. The second-order valence-corrected chi connectivity index (χ2v) is 5.19. The molecule has 0 radical (unpaired) electrons. The predicted molar refractivity (Wildman–Crippen MR) is 86.3 cm³/mol. The average Bonchev–Trinajstić information content (AvgIpc) is 2.60. The van der Waals surface area contributed by atoms with E-state index < -0.39 is 5.82 Å². The average molecular weight is 309 g/mol. The highest BCUT2D eigenvalue weighted by Gasteiger charge is 2.06. The van der Waals surface area contributed by atoms with Crippen LogP contribution in [0, 0.1) is 5.82 Å². The molecule has 0 atom stereocenters. The quantitative estimate of drug-likeness (QED) is 0.775. The van der Waals surface area contributed by atoms with Gasteiger partial charge in [0.1, 0.15) is 18.2 Å². The largest absolute Gasteiger partial charge is 0.489 e. The predicted octanol–water partition coefficient (Wildman–Crippen LogP) is 3.96. The summed E-state index contributed by atoms with van der Waals surface area (Å²) in [6.45, 7) is 0.314. The monoisotopic (exact) mass is 309 g/mol. The van der Waals surface area contributed by atoms with Crippen molar-refractivity contribution >= 4 is 0 Å². The summed E-state index contributed by atoms with van der Waals surface area (Å²) in [7, 11) is 0. The molecule has 23 heavy (non-hydrogen) atoms. The van der Waals surface area contributed by atoms with E-state index in [1.54, 1.807) is 18.3 Å². The first-order chi connectivity index (χ1) is 11.2. The fraction of sp³-hybridized carbons (Fsp3) is 0.105. The van der Waals surface area contributed by atoms with E-state index in [0.29, 0.717) is 23.5 Å². The van der Waals surface area contributed by atoms with Gasteiger partial charge in [0.25, 0.3) is 0 Å². The van der Waals surface area contributed by atoms with Crippen molar-refractivity contribution in [2.75, 3.05) is 0 Å². The van der Waals surface area contributed by atoms with Crippen molar-refractivity contribution < 1.29 is 14.2 Å². The van der Waals surface area contributed by atoms with Crippen molar-refractivity contribution in [3.8, 4) is 16.9 Å². The van der Waals surface area contributed by atoms with E-state index in [4.69, 9.17) is 4.74 Å². The molecule has 0 saturated carbocycles. The molecule has 0 unspecified atom stereocenters. The smallest absolute Gasteiger partial charge is 0.142 e. The molecule has 0 bridgehead atoms. The Morgan fingerprint density at radius 2 is 1.74 bits per heavy atom. The summed E-state index contributed by atoms with van der Waals surface area (Å²) in [5.41, 5.74) is 3.15. The molecule has 1 aromatic heterocycles. The number of nitrogens with zero attached hydrogens (tertiary/aromatic N) is 1. The molecule has 4 heteroatoms. The standard InChI is InChI=1S/C19H16FNO2/c20-18-8-17(10-21-11-18)16-6-15(12-22)7-19(9-16)23-13-14-4-2-1-3-5-14/h1-11,22H,12-13H2. The molecule has 1 N–H and O–H groups in total. The minimum Gasteiger partial charge on any atom is -0.489 e. The van der Waals surface area contributed by atoms with Crippen molar-refractivity contribution in [3.05, 3.63) is 83.9 Å². The number of aliphatic hydroxyl groups is 1. The zero-order chi connectivity index (χ0) is 16.1. The number of rotatable bonds is 5. The van der Waals surface area contributed by atoms with Gasteiger partial charge in [0.2, 0.25) is 0 Å². The summed E-state index contributed by atoms with van der Waals surface area (Å²) in [4.78, 5) is 3.86.